The van der Waals surface area contributed by atoms with E-state index < -0.39 is 26.8 Å². The molecule has 0 aliphatic carbocycles. The topological polar surface area (TPSA) is 83.1 Å². The van der Waals surface area contributed by atoms with E-state index in [2.05, 4.69) is 5.32 Å². The van der Waals surface area contributed by atoms with Crippen molar-refractivity contribution in [2.75, 3.05) is 26.4 Å². The standard InChI is InChI=1S/C12H27NO6P2/c1-5-16-20(14,17-6-2)11-9-10-12(13-11)21(15,18-7-3)19-8-4/h11-13H,5-10H2,1-4H3. The molecule has 1 aliphatic heterocycles. The van der Waals surface area contributed by atoms with E-state index in [-0.39, 0.29) is 0 Å². The molecule has 0 bridgehead atoms. The molecule has 1 saturated heterocycles. The second kappa shape index (κ2) is 8.78. The lowest BCUT2D eigenvalue weighted by atomic mass is 10.4. The molecular formula is C12H27NO6P2. The van der Waals surface area contributed by atoms with Gasteiger partial charge in [-0.05, 0) is 40.5 Å². The molecule has 0 amide bonds. The normalized spacial score (nSPS) is 23.6. The number of rotatable bonds is 10. The first-order valence-electron chi connectivity index (χ1n) is 7.49. The average molecular weight is 343 g/mol. The first kappa shape index (κ1) is 19.3. The summed E-state index contributed by atoms with van der Waals surface area (Å²) < 4.78 is 46.8. The van der Waals surface area contributed by atoms with Crippen LogP contribution in [0.1, 0.15) is 40.5 Å². The van der Waals surface area contributed by atoms with Gasteiger partial charge in [-0.3, -0.25) is 14.4 Å². The Kier molecular flexibility index (Phi) is 8.07. The van der Waals surface area contributed by atoms with Crippen molar-refractivity contribution in [1.82, 2.24) is 5.32 Å². The molecule has 0 spiro atoms. The van der Waals surface area contributed by atoms with Crippen LogP contribution in [0, 0.1) is 0 Å². The third-order valence-electron chi connectivity index (χ3n) is 3.10. The fourth-order valence-corrected chi connectivity index (χ4v) is 6.44. The van der Waals surface area contributed by atoms with Crippen LogP contribution in [0.2, 0.25) is 0 Å². The number of nitrogens with one attached hydrogen (secondary N) is 1. The summed E-state index contributed by atoms with van der Waals surface area (Å²) in [5, 5.41) is 3.09. The van der Waals surface area contributed by atoms with Crippen LogP contribution in [-0.4, -0.2) is 38.0 Å². The molecule has 1 rings (SSSR count). The molecule has 9 heteroatoms. The summed E-state index contributed by atoms with van der Waals surface area (Å²) in [5.74, 6) is -0.951. The molecule has 0 aromatic heterocycles. The van der Waals surface area contributed by atoms with Gasteiger partial charge in [0.2, 0.25) is 0 Å². The lowest BCUT2D eigenvalue weighted by Crippen LogP contribution is -2.31. The maximum absolute atomic E-state index is 12.7. The Hall–Kier alpha value is 0.260. The van der Waals surface area contributed by atoms with Crippen LogP contribution in [0.25, 0.3) is 0 Å². The summed E-state index contributed by atoms with van der Waals surface area (Å²) in [6.45, 7) is 8.27. The van der Waals surface area contributed by atoms with E-state index in [0.29, 0.717) is 39.3 Å². The molecule has 1 heterocycles. The van der Waals surface area contributed by atoms with Gasteiger partial charge in [0.25, 0.3) is 0 Å². The SMILES string of the molecule is CCOP(=O)(OCC)C1CCC(P(=O)(OCC)OCC)N1. The molecule has 2 unspecified atom stereocenters. The average Bonchev–Trinajstić information content (AvgIpc) is 2.90. The van der Waals surface area contributed by atoms with Gasteiger partial charge in [0.15, 0.2) is 0 Å². The van der Waals surface area contributed by atoms with Gasteiger partial charge in [0, 0.05) is 0 Å². The minimum absolute atomic E-state index is 0.300. The molecule has 0 aromatic carbocycles. The van der Waals surface area contributed by atoms with Crippen LogP contribution < -0.4 is 5.32 Å². The van der Waals surface area contributed by atoms with Crippen molar-refractivity contribution in [3.63, 3.8) is 0 Å². The Bertz CT molecular complexity index is 349. The van der Waals surface area contributed by atoms with Gasteiger partial charge < -0.3 is 18.1 Å². The number of hydrogen-bond acceptors (Lipinski definition) is 7. The fourth-order valence-electron chi connectivity index (χ4n) is 2.36. The Morgan fingerprint density at radius 1 is 0.762 bits per heavy atom. The van der Waals surface area contributed by atoms with Gasteiger partial charge in [0.1, 0.15) is 11.6 Å². The van der Waals surface area contributed by atoms with E-state index in [0.717, 1.165) is 0 Å². The molecule has 1 aliphatic rings. The van der Waals surface area contributed by atoms with Crippen LogP contribution in [0.5, 0.6) is 0 Å². The highest BCUT2D eigenvalue weighted by Gasteiger charge is 2.47. The highest BCUT2D eigenvalue weighted by molar-refractivity contribution is 7.55. The van der Waals surface area contributed by atoms with E-state index >= 15 is 0 Å². The third-order valence-corrected chi connectivity index (χ3v) is 7.91. The first-order valence-corrected chi connectivity index (χ1v) is 10.7. The van der Waals surface area contributed by atoms with E-state index in [9.17, 15) is 9.13 Å². The van der Waals surface area contributed by atoms with Crippen molar-refractivity contribution in [3.05, 3.63) is 0 Å². The van der Waals surface area contributed by atoms with Crippen molar-refractivity contribution in [2.45, 2.75) is 52.1 Å². The maximum Gasteiger partial charge on any atom is 0.347 e. The molecule has 0 radical (unpaired) electrons. The van der Waals surface area contributed by atoms with Crippen molar-refractivity contribution < 1.29 is 27.2 Å². The van der Waals surface area contributed by atoms with Crippen LogP contribution >= 0.6 is 15.2 Å². The molecule has 126 valence electrons. The Balaban J connectivity index is 2.81. The van der Waals surface area contributed by atoms with E-state index in [4.69, 9.17) is 18.1 Å². The highest BCUT2D eigenvalue weighted by atomic mass is 31.2. The summed E-state index contributed by atoms with van der Waals surface area (Å²) in [6, 6.07) is 0. The Labute approximate surface area is 127 Å². The summed E-state index contributed by atoms with van der Waals surface area (Å²) in [5.41, 5.74) is 0. The van der Waals surface area contributed by atoms with Crippen LogP contribution in [0.4, 0.5) is 0 Å². The van der Waals surface area contributed by atoms with Gasteiger partial charge in [-0.15, -0.1) is 0 Å². The van der Waals surface area contributed by atoms with Gasteiger partial charge in [-0.2, -0.15) is 0 Å². The summed E-state index contributed by atoms with van der Waals surface area (Å²) in [6.07, 6.45) is 1.10. The largest absolute Gasteiger partial charge is 0.347 e. The van der Waals surface area contributed by atoms with E-state index in [1.807, 2.05) is 0 Å². The molecule has 0 aromatic rings. The molecular weight excluding hydrogens is 316 g/mol. The molecule has 7 nitrogen and oxygen atoms in total. The van der Waals surface area contributed by atoms with Crippen LogP contribution in [0.15, 0.2) is 0 Å². The monoisotopic (exact) mass is 343 g/mol. The van der Waals surface area contributed by atoms with E-state index in [1.54, 1.807) is 27.7 Å². The highest BCUT2D eigenvalue weighted by Crippen LogP contribution is 2.61. The molecule has 21 heavy (non-hydrogen) atoms. The smallest absolute Gasteiger partial charge is 0.308 e. The Morgan fingerprint density at radius 2 is 1.05 bits per heavy atom. The van der Waals surface area contributed by atoms with Crippen molar-refractivity contribution in [3.8, 4) is 0 Å². The van der Waals surface area contributed by atoms with Crippen molar-refractivity contribution >= 4 is 15.2 Å². The first-order chi connectivity index (χ1) is 9.95. The second-order valence-electron chi connectivity index (χ2n) is 4.53. The predicted molar refractivity (Wildman–Crippen MR) is 81.7 cm³/mol. The zero-order chi connectivity index (χ0) is 15.9. The maximum atomic E-state index is 12.7. The van der Waals surface area contributed by atoms with Gasteiger partial charge in [-0.25, -0.2) is 0 Å². The van der Waals surface area contributed by atoms with Crippen molar-refractivity contribution in [1.29, 1.82) is 0 Å². The zero-order valence-electron chi connectivity index (χ0n) is 13.2. The van der Waals surface area contributed by atoms with Crippen LogP contribution in [0.3, 0.4) is 0 Å². The third kappa shape index (κ3) is 4.87. The molecule has 1 fully saturated rings. The van der Waals surface area contributed by atoms with Gasteiger partial charge in [0.05, 0.1) is 26.4 Å². The van der Waals surface area contributed by atoms with E-state index in [1.165, 1.54) is 0 Å². The summed E-state index contributed by atoms with van der Waals surface area (Å²) >= 11 is 0. The number of hydrogen-bond donors (Lipinski definition) is 1. The molecule has 1 N–H and O–H groups in total. The lowest BCUT2D eigenvalue weighted by molar-refractivity contribution is 0.204. The predicted octanol–water partition coefficient (Wildman–Crippen LogP) is 3.55. The fraction of sp³-hybridized carbons (Fsp3) is 1.00. The zero-order valence-corrected chi connectivity index (χ0v) is 15.0. The van der Waals surface area contributed by atoms with Gasteiger partial charge in [-0.1, -0.05) is 0 Å². The van der Waals surface area contributed by atoms with Crippen molar-refractivity contribution in [2.24, 2.45) is 0 Å². The minimum Gasteiger partial charge on any atom is -0.308 e. The molecule has 0 saturated carbocycles. The second-order valence-corrected chi connectivity index (χ2v) is 8.97. The Morgan fingerprint density at radius 3 is 1.29 bits per heavy atom. The summed E-state index contributed by atoms with van der Waals surface area (Å²) in [4.78, 5) is 0. The quantitative estimate of drug-likeness (QED) is 0.607. The summed E-state index contributed by atoms with van der Waals surface area (Å²) in [7, 11) is -6.51. The lowest BCUT2D eigenvalue weighted by Gasteiger charge is -2.26. The minimum atomic E-state index is -3.26. The van der Waals surface area contributed by atoms with Gasteiger partial charge >= 0.3 is 15.2 Å². The van der Waals surface area contributed by atoms with Crippen LogP contribution in [-0.2, 0) is 27.2 Å². The molecule has 2 atom stereocenters.